The van der Waals surface area contributed by atoms with Gasteiger partial charge in [0.05, 0.1) is 6.61 Å². The summed E-state index contributed by atoms with van der Waals surface area (Å²) >= 11 is 0. The van der Waals surface area contributed by atoms with Crippen molar-refractivity contribution in [3.63, 3.8) is 0 Å². The molecule has 1 unspecified atom stereocenters. The molecule has 13 heavy (non-hydrogen) atoms. The zero-order chi connectivity index (χ0) is 10.1. The van der Waals surface area contributed by atoms with Crippen LogP contribution in [0, 0.1) is 5.92 Å². The summed E-state index contributed by atoms with van der Waals surface area (Å²) in [6.07, 6.45) is 3.70. The lowest BCUT2D eigenvalue weighted by atomic mass is 9.99. The summed E-state index contributed by atoms with van der Waals surface area (Å²) in [7, 11) is 0. The molecule has 1 atom stereocenters. The van der Waals surface area contributed by atoms with E-state index in [1.807, 2.05) is 6.92 Å². The Kier molecular flexibility index (Phi) is 8.00. The van der Waals surface area contributed by atoms with Crippen LogP contribution >= 0.6 is 0 Å². The molecule has 0 aromatic rings. The van der Waals surface area contributed by atoms with Gasteiger partial charge in [-0.15, -0.1) is 0 Å². The molecule has 0 aliphatic rings. The maximum atomic E-state index is 11.4. The maximum absolute atomic E-state index is 11.4. The van der Waals surface area contributed by atoms with Gasteiger partial charge in [0.1, 0.15) is 5.78 Å². The van der Waals surface area contributed by atoms with E-state index in [0.29, 0.717) is 18.8 Å². The van der Waals surface area contributed by atoms with Gasteiger partial charge in [-0.3, -0.25) is 4.79 Å². The van der Waals surface area contributed by atoms with Crippen molar-refractivity contribution >= 4 is 5.78 Å². The molecule has 78 valence electrons. The van der Waals surface area contributed by atoms with Gasteiger partial charge in [0, 0.05) is 18.9 Å². The van der Waals surface area contributed by atoms with Crippen molar-refractivity contribution in [3.05, 3.63) is 0 Å². The van der Waals surface area contributed by atoms with E-state index >= 15 is 0 Å². The first-order valence-corrected chi connectivity index (χ1v) is 5.32. The number of rotatable bonds is 8. The lowest BCUT2D eigenvalue weighted by Crippen LogP contribution is -2.13. The van der Waals surface area contributed by atoms with Crippen molar-refractivity contribution in [2.24, 2.45) is 5.92 Å². The number of ether oxygens (including phenoxy) is 1. The molecule has 0 saturated carbocycles. The summed E-state index contributed by atoms with van der Waals surface area (Å²) in [5.74, 6) is 0.563. The van der Waals surface area contributed by atoms with Gasteiger partial charge in [-0.1, -0.05) is 27.2 Å². The Morgan fingerprint density at radius 1 is 1.23 bits per heavy atom. The molecule has 0 aromatic carbocycles. The highest BCUT2D eigenvalue weighted by Gasteiger charge is 2.10. The highest BCUT2D eigenvalue weighted by atomic mass is 16.5. The zero-order valence-electron chi connectivity index (χ0n) is 9.14. The third-order valence-electron chi connectivity index (χ3n) is 2.11. The molecular formula is C11H22O2. The van der Waals surface area contributed by atoms with Gasteiger partial charge in [0.15, 0.2) is 0 Å². The van der Waals surface area contributed by atoms with E-state index in [9.17, 15) is 4.79 Å². The van der Waals surface area contributed by atoms with Crippen LogP contribution < -0.4 is 0 Å². The monoisotopic (exact) mass is 186 g/mol. The molecule has 0 spiro atoms. The van der Waals surface area contributed by atoms with Crippen LogP contribution in [0.5, 0.6) is 0 Å². The molecule has 0 aromatic heterocycles. The van der Waals surface area contributed by atoms with Crippen molar-refractivity contribution < 1.29 is 9.53 Å². The molecule has 0 heterocycles. The van der Waals surface area contributed by atoms with Gasteiger partial charge in [-0.2, -0.15) is 0 Å². The minimum atomic E-state index is 0.218. The second kappa shape index (κ2) is 8.24. The Morgan fingerprint density at radius 2 is 1.92 bits per heavy atom. The first-order chi connectivity index (χ1) is 6.22. The van der Waals surface area contributed by atoms with E-state index in [4.69, 9.17) is 4.74 Å². The molecule has 0 rings (SSSR count). The highest BCUT2D eigenvalue weighted by molar-refractivity contribution is 5.80. The van der Waals surface area contributed by atoms with Crippen LogP contribution in [-0.2, 0) is 9.53 Å². The fourth-order valence-corrected chi connectivity index (χ4v) is 1.26. The molecule has 0 amide bonds. The number of hydrogen-bond acceptors (Lipinski definition) is 2. The first kappa shape index (κ1) is 12.6. The second-order valence-corrected chi connectivity index (χ2v) is 3.52. The summed E-state index contributed by atoms with van der Waals surface area (Å²) in [6.45, 7) is 7.56. The second-order valence-electron chi connectivity index (χ2n) is 3.52. The van der Waals surface area contributed by atoms with E-state index in [1.54, 1.807) is 0 Å². The van der Waals surface area contributed by atoms with E-state index in [1.165, 1.54) is 0 Å². The Hall–Kier alpha value is -0.370. The third kappa shape index (κ3) is 6.76. The average Bonchev–Trinajstić information content (AvgIpc) is 2.12. The molecule has 0 saturated heterocycles. The Morgan fingerprint density at radius 3 is 2.46 bits per heavy atom. The molecular weight excluding hydrogens is 164 g/mol. The Labute approximate surface area is 81.7 Å². The number of ketones is 1. The minimum Gasteiger partial charge on any atom is -0.381 e. The van der Waals surface area contributed by atoms with Gasteiger partial charge in [0.2, 0.25) is 0 Å². The van der Waals surface area contributed by atoms with Crippen molar-refractivity contribution in [1.29, 1.82) is 0 Å². The summed E-state index contributed by atoms with van der Waals surface area (Å²) in [5.41, 5.74) is 0. The first-order valence-electron chi connectivity index (χ1n) is 5.32. The molecule has 2 heteroatoms. The molecule has 0 radical (unpaired) electrons. The normalized spacial score (nSPS) is 12.8. The fraction of sp³-hybridized carbons (Fsp3) is 0.909. The largest absolute Gasteiger partial charge is 0.381 e. The van der Waals surface area contributed by atoms with Gasteiger partial charge in [-0.05, 0) is 12.8 Å². The fourth-order valence-electron chi connectivity index (χ4n) is 1.26. The third-order valence-corrected chi connectivity index (χ3v) is 2.11. The van der Waals surface area contributed by atoms with E-state index in [2.05, 4.69) is 13.8 Å². The Balaban J connectivity index is 3.38. The van der Waals surface area contributed by atoms with Crippen molar-refractivity contribution in [3.8, 4) is 0 Å². The molecule has 0 bridgehead atoms. The minimum absolute atomic E-state index is 0.218. The Bertz CT molecular complexity index is 132. The van der Waals surface area contributed by atoms with E-state index < -0.39 is 0 Å². The van der Waals surface area contributed by atoms with Gasteiger partial charge >= 0.3 is 0 Å². The number of carbonyl (C=O) groups excluding carboxylic acids is 1. The predicted octanol–water partition coefficient (Wildman–Crippen LogP) is 2.81. The van der Waals surface area contributed by atoms with E-state index in [-0.39, 0.29) is 5.92 Å². The van der Waals surface area contributed by atoms with Crippen LogP contribution in [0.1, 0.15) is 46.5 Å². The number of hydrogen-bond donors (Lipinski definition) is 0. The van der Waals surface area contributed by atoms with Gasteiger partial charge < -0.3 is 4.74 Å². The number of carbonyl (C=O) groups is 1. The topological polar surface area (TPSA) is 26.3 Å². The summed E-state index contributed by atoms with van der Waals surface area (Å²) in [5, 5.41) is 0. The average molecular weight is 186 g/mol. The predicted molar refractivity (Wildman–Crippen MR) is 54.8 cm³/mol. The highest BCUT2D eigenvalue weighted by Crippen LogP contribution is 2.08. The standard InChI is InChI=1S/C11H22O2/c1-4-6-10(3)11(12)7-9-13-8-5-2/h10H,4-9H2,1-3H3. The zero-order valence-corrected chi connectivity index (χ0v) is 9.14. The van der Waals surface area contributed by atoms with Crippen LogP contribution in [0.3, 0.4) is 0 Å². The van der Waals surface area contributed by atoms with Crippen LogP contribution in [0.25, 0.3) is 0 Å². The molecule has 0 aliphatic carbocycles. The van der Waals surface area contributed by atoms with E-state index in [0.717, 1.165) is 25.9 Å². The van der Waals surface area contributed by atoms with Crippen LogP contribution in [0.2, 0.25) is 0 Å². The lowest BCUT2D eigenvalue weighted by Gasteiger charge is -2.08. The molecule has 0 N–H and O–H groups in total. The molecule has 0 aliphatic heterocycles. The quantitative estimate of drug-likeness (QED) is 0.545. The van der Waals surface area contributed by atoms with Gasteiger partial charge in [-0.25, -0.2) is 0 Å². The smallest absolute Gasteiger partial charge is 0.137 e. The summed E-state index contributed by atoms with van der Waals surface area (Å²) < 4.78 is 5.26. The van der Waals surface area contributed by atoms with Gasteiger partial charge in [0.25, 0.3) is 0 Å². The SMILES string of the molecule is CCCOCCC(=O)C(C)CCC. The van der Waals surface area contributed by atoms with Crippen molar-refractivity contribution in [1.82, 2.24) is 0 Å². The molecule has 0 fully saturated rings. The number of Topliss-reactive ketones (excluding diaryl/α,β-unsaturated/α-hetero) is 1. The lowest BCUT2D eigenvalue weighted by molar-refractivity contribution is -0.123. The summed E-state index contributed by atoms with van der Waals surface area (Å²) in [6, 6.07) is 0. The molecule has 2 nitrogen and oxygen atoms in total. The van der Waals surface area contributed by atoms with Crippen molar-refractivity contribution in [2.45, 2.75) is 46.5 Å². The van der Waals surface area contributed by atoms with Crippen LogP contribution in [0.15, 0.2) is 0 Å². The summed E-state index contributed by atoms with van der Waals surface area (Å²) in [4.78, 5) is 11.4. The van der Waals surface area contributed by atoms with Crippen LogP contribution in [-0.4, -0.2) is 19.0 Å². The maximum Gasteiger partial charge on any atom is 0.137 e. The van der Waals surface area contributed by atoms with Crippen molar-refractivity contribution in [2.75, 3.05) is 13.2 Å². The van der Waals surface area contributed by atoms with Crippen LogP contribution in [0.4, 0.5) is 0 Å².